The third kappa shape index (κ3) is 3.17. The predicted molar refractivity (Wildman–Crippen MR) is 69.6 cm³/mol. The molecule has 0 aliphatic heterocycles. The van der Waals surface area contributed by atoms with Gasteiger partial charge in [-0.1, -0.05) is 78.1 Å². The van der Waals surface area contributed by atoms with Gasteiger partial charge in [0.1, 0.15) is 0 Å². The average Bonchev–Trinajstić information content (AvgIpc) is 2.27. The number of rotatable bonds is 4. The predicted octanol–water partition coefficient (Wildman–Crippen LogP) is 3.85. The van der Waals surface area contributed by atoms with Gasteiger partial charge >= 0.3 is 0 Å². The van der Waals surface area contributed by atoms with E-state index in [9.17, 15) is 4.79 Å². The summed E-state index contributed by atoms with van der Waals surface area (Å²) in [7, 11) is 0. The highest BCUT2D eigenvalue weighted by Crippen LogP contribution is 2.31. The Hall–Kier alpha value is 0.330. The maximum atomic E-state index is 11.4. The Morgan fingerprint density at radius 2 is 1.79 bits per heavy atom. The molecule has 0 radical (unpaired) electrons. The zero-order valence-electron chi connectivity index (χ0n) is 7.29. The van der Waals surface area contributed by atoms with Crippen LogP contribution in [0.4, 0.5) is 0 Å². The molecule has 0 N–H and O–H groups in total. The first-order chi connectivity index (χ1) is 6.66. The Morgan fingerprint density at radius 1 is 1.21 bits per heavy atom. The third-order valence-corrected chi connectivity index (χ3v) is 5.17. The van der Waals surface area contributed by atoms with E-state index in [-0.39, 0.29) is 15.4 Å². The number of benzene rings is 1. The van der Waals surface area contributed by atoms with Gasteiger partial charge in [-0.3, -0.25) is 4.79 Å². The molecule has 0 aromatic heterocycles. The minimum absolute atomic E-state index is 0.0220. The van der Waals surface area contributed by atoms with Crippen LogP contribution >= 0.6 is 47.8 Å². The number of ketones is 1. The molecule has 0 amide bonds. The summed E-state index contributed by atoms with van der Waals surface area (Å²) in [6.45, 7) is 0. The molecule has 0 spiro atoms. The van der Waals surface area contributed by atoms with Crippen molar-refractivity contribution in [2.75, 3.05) is 5.33 Å². The van der Waals surface area contributed by atoms with E-state index in [1.807, 2.05) is 30.3 Å². The van der Waals surface area contributed by atoms with E-state index in [2.05, 4.69) is 47.8 Å². The van der Waals surface area contributed by atoms with Gasteiger partial charge in [0, 0.05) is 0 Å². The molecule has 4 heteroatoms. The Balaban J connectivity index is 2.75. The van der Waals surface area contributed by atoms with Crippen LogP contribution in [0.25, 0.3) is 0 Å². The summed E-state index contributed by atoms with van der Waals surface area (Å²) >= 11 is 10.0. The third-order valence-electron chi connectivity index (χ3n) is 1.81. The van der Waals surface area contributed by atoms with E-state index in [0.29, 0.717) is 5.33 Å². The van der Waals surface area contributed by atoms with Crippen LogP contribution in [0.15, 0.2) is 30.3 Å². The number of hydrogen-bond donors (Lipinski definition) is 0. The van der Waals surface area contributed by atoms with Crippen LogP contribution in [0, 0.1) is 0 Å². The van der Waals surface area contributed by atoms with Crippen molar-refractivity contribution >= 4 is 53.6 Å². The van der Waals surface area contributed by atoms with Crippen molar-refractivity contribution < 1.29 is 4.79 Å². The molecule has 0 unspecified atom stereocenters. The van der Waals surface area contributed by atoms with E-state index in [0.717, 1.165) is 5.56 Å². The summed E-state index contributed by atoms with van der Waals surface area (Å²) < 4.78 is 0. The Morgan fingerprint density at radius 3 is 2.29 bits per heavy atom. The van der Waals surface area contributed by atoms with Gasteiger partial charge in [0.05, 0.1) is 15.0 Å². The van der Waals surface area contributed by atoms with Crippen LogP contribution in [-0.2, 0) is 4.79 Å². The number of carbonyl (C=O) groups is 1. The van der Waals surface area contributed by atoms with Crippen molar-refractivity contribution in [1.29, 1.82) is 0 Å². The van der Waals surface area contributed by atoms with Gasteiger partial charge in [-0.25, -0.2) is 0 Å². The zero-order valence-corrected chi connectivity index (χ0v) is 12.0. The van der Waals surface area contributed by atoms with Crippen LogP contribution in [0.3, 0.4) is 0 Å². The molecule has 1 nitrogen and oxygen atoms in total. The largest absolute Gasteiger partial charge is 0.297 e. The second-order valence-electron chi connectivity index (χ2n) is 2.81. The monoisotopic (exact) mass is 382 g/mol. The SMILES string of the molecule is O=C(CBr)[C@@H](Br)[C@H](Br)c1ccccc1. The fraction of sp³-hybridized carbons (Fsp3) is 0.300. The van der Waals surface area contributed by atoms with Gasteiger partial charge in [-0.05, 0) is 5.56 Å². The Labute approximate surface area is 109 Å². The highest BCUT2D eigenvalue weighted by atomic mass is 79.9. The minimum Gasteiger partial charge on any atom is -0.297 e. The van der Waals surface area contributed by atoms with Crippen molar-refractivity contribution in [2.45, 2.75) is 9.65 Å². The molecule has 0 saturated carbocycles. The number of Topliss-reactive ketones (excluding diaryl/α,β-unsaturated/α-hetero) is 1. The van der Waals surface area contributed by atoms with Crippen molar-refractivity contribution in [2.24, 2.45) is 0 Å². The molecular weight excluding hydrogens is 376 g/mol. The Bertz CT molecular complexity index is 299. The van der Waals surface area contributed by atoms with Gasteiger partial charge in [0.25, 0.3) is 0 Å². The lowest BCUT2D eigenvalue weighted by molar-refractivity contribution is -0.115. The van der Waals surface area contributed by atoms with E-state index in [1.165, 1.54) is 0 Å². The maximum absolute atomic E-state index is 11.4. The van der Waals surface area contributed by atoms with Crippen molar-refractivity contribution in [3.63, 3.8) is 0 Å². The lowest BCUT2D eigenvalue weighted by Crippen LogP contribution is -2.19. The number of halogens is 3. The van der Waals surface area contributed by atoms with Crippen molar-refractivity contribution in [3.05, 3.63) is 35.9 Å². The molecule has 1 aromatic rings. The van der Waals surface area contributed by atoms with E-state index in [1.54, 1.807) is 0 Å². The number of hydrogen-bond acceptors (Lipinski definition) is 1. The second kappa shape index (κ2) is 6.03. The fourth-order valence-corrected chi connectivity index (χ4v) is 2.89. The van der Waals surface area contributed by atoms with Crippen LogP contribution < -0.4 is 0 Å². The molecule has 0 heterocycles. The summed E-state index contributed by atoms with van der Waals surface area (Å²) in [5, 5.41) is 0.373. The molecule has 0 aliphatic carbocycles. The minimum atomic E-state index is -0.190. The lowest BCUT2D eigenvalue weighted by atomic mass is 10.1. The van der Waals surface area contributed by atoms with Crippen LogP contribution in [0.5, 0.6) is 0 Å². The van der Waals surface area contributed by atoms with Gasteiger partial charge in [-0.15, -0.1) is 0 Å². The van der Waals surface area contributed by atoms with Crippen molar-refractivity contribution in [3.8, 4) is 0 Å². The van der Waals surface area contributed by atoms with Crippen LogP contribution in [-0.4, -0.2) is 15.9 Å². The first-order valence-electron chi connectivity index (χ1n) is 4.08. The molecule has 1 aromatic carbocycles. The van der Waals surface area contributed by atoms with Crippen LogP contribution in [0.2, 0.25) is 0 Å². The average molecular weight is 385 g/mol. The summed E-state index contributed by atoms with van der Waals surface area (Å²) in [4.78, 5) is 11.2. The number of alkyl halides is 3. The summed E-state index contributed by atoms with van der Waals surface area (Å²) in [6, 6.07) is 9.87. The molecule has 1 rings (SSSR count). The molecular formula is C10H9Br3O. The topological polar surface area (TPSA) is 17.1 Å². The smallest absolute Gasteiger partial charge is 0.158 e. The highest BCUT2D eigenvalue weighted by Gasteiger charge is 2.23. The zero-order chi connectivity index (χ0) is 10.6. The van der Waals surface area contributed by atoms with E-state index < -0.39 is 0 Å². The quantitative estimate of drug-likeness (QED) is 0.721. The van der Waals surface area contributed by atoms with E-state index in [4.69, 9.17) is 0 Å². The first-order valence-corrected chi connectivity index (χ1v) is 7.04. The van der Waals surface area contributed by atoms with E-state index >= 15 is 0 Å². The molecule has 0 aliphatic rings. The van der Waals surface area contributed by atoms with Gasteiger partial charge < -0.3 is 0 Å². The van der Waals surface area contributed by atoms with Gasteiger partial charge in [-0.2, -0.15) is 0 Å². The lowest BCUT2D eigenvalue weighted by Gasteiger charge is -2.14. The molecule has 14 heavy (non-hydrogen) atoms. The Kier molecular flexibility index (Phi) is 5.34. The fourth-order valence-electron chi connectivity index (χ4n) is 1.04. The maximum Gasteiger partial charge on any atom is 0.158 e. The molecule has 0 saturated heterocycles. The van der Waals surface area contributed by atoms with Gasteiger partial charge in [0.15, 0.2) is 5.78 Å². The molecule has 76 valence electrons. The van der Waals surface area contributed by atoms with Gasteiger partial charge in [0.2, 0.25) is 0 Å². The molecule has 2 atom stereocenters. The second-order valence-corrected chi connectivity index (χ2v) is 5.35. The molecule has 0 bridgehead atoms. The summed E-state index contributed by atoms with van der Waals surface area (Å²) in [6.07, 6.45) is 0. The summed E-state index contributed by atoms with van der Waals surface area (Å²) in [5.74, 6) is 0.135. The van der Waals surface area contributed by atoms with Crippen LogP contribution in [0.1, 0.15) is 10.4 Å². The molecule has 0 fully saturated rings. The first kappa shape index (κ1) is 12.4. The number of carbonyl (C=O) groups excluding carboxylic acids is 1. The normalized spacial score (nSPS) is 14.8. The van der Waals surface area contributed by atoms with Crippen molar-refractivity contribution in [1.82, 2.24) is 0 Å². The summed E-state index contributed by atoms with van der Waals surface area (Å²) in [5.41, 5.74) is 1.10. The standard InChI is InChI=1S/C10H9Br3O/c11-6-8(14)10(13)9(12)7-4-2-1-3-5-7/h1-5,9-10H,6H2/t9-,10-/m1/s1. The highest BCUT2D eigenvalue weighted by molar-refractivity contribution is 9.12.